The summed E-state index contributed by atoms with van der Waals surface area (Å²) in [6.07, 6.45) is 1.32. The van der Waals surface area contributed by atoms with Crippen molar-refractivity contribution >= 4 is 11.3 Å². The highest BCUT2D eigenvalue weighted by molar-refractivity contribution is 7.12. The molecule has 0 aromatic carbocycles. The largest absolute Gasteiger partial charge is 0.145 e. The number of thiophene rings is 1. The fraction of sp³-hybridized carbons (Fsp3) is 0.636. The van der Waals surface area contributed by atoms with Gasteiger partial charge in [-0.25, -0.2) is 0 Å². The molecule has 1 aliphatic rings. The standard InChI is InChI=1S/C11H16S/c1-6-5-10-11(7(6)2)8(3)9(4)12-10/h6-7H,5H2,1-4H3. The van der Waals surface area contributed by atoms with Crippen molar-refractivity contribution < 1.29 is 0 Å². The molecule has 0 fully saturated rings. The van der Waals surface area contributed by atoms with Crippen LogP contribution in [0.25, 0.3) is 0 Å². The fourth-order valence-electron chi connectivity index (χ4n) is 2.22. The molecule has 0 spiro atoms. The molecule has 1 aromatic rings. The first-order chi connectivity index (χ1) is 5.61. The second-order valence-electron chi connectivity index (χ2n) is 4.09. The van der Waals surface area contributed by atoms with Gasteiger partial charge in [0.25, 0.3) is 0 Å². The van der Waals surface area contributed by atoms with E-state index in [1.165, 1.54) is 11.3 Å². The number of hydrogen-bond donors (Lipinski definition) is 0. The second kappa shape index (κ2) is 2.59. The Balaban J connectivity index is 2.53. The lowest BCUT2D eigenvalue weighted by Crippen LogP contribution is -1.99. The Morgan fingerprint density at radius 2 is 1.92 bits per heavy atom. The van der Waals surface area contributed by atoms with Crippen LogP contribution in [-0.2, 0) is 6.42 Å². The van der Waals surface area contributed by atoms with Crippen LogP contribution in [-0.4, -0.2) is 0 Å². The van der Waals surface area contributed by atoms with Gasteiger partial charge in [0.05, 0.1) is 0 Å². The van der Waals surface area contributed by atoms with E-state index in [1.54, 1.807) is 16.0 Å². The maximum atomic E-state index is 2.37. The van der Waals surface area contributed by atoms with Crippen LogP contribution in [0.4, 0.5) is 0 Å². The van der Waals surface area contributed by atoms with Crippen LogP contribution >= 0.6 is 11.3 Å². The van der Waals surface area contributed by atoms with Crippen molar-refractivity contribution in [2.45, 2.75) is 40.0 Å². The van der Waals surface area contributed by atoms with Gasteiger partial charge >= 0.3 is 0 Å². The van der Waals surface area contributed by atoms with E-state index >= 15 is 0 Å². The van der Waals surface area contributed by atoms with Crippen LogP contribution < -0.4 is 0 Å². The van der Waals surface area contributed by atoms with E-state index in [4.69, 9.17) is 0 Å². The maximum Gasteiger partial charge on any atom is 0.00884 e. The molecule has 0 radical (unpaired) electrons. The highest BCUT2D eigenvalue weighted by Gasteiger charge is 2.29. The van der Waals surface area contributed by atoms with Crippen molar-refractivity contribution in [1.29, 1.82) is 0 Å². The van der Waals surface area contributed by atoms with E-state index < -0.39 is 0 Å². The number of fused-ring (bicyclic) bond motifs is 1. The zero-order chi connectivity index (χ0) is 8.88. The van der Waals surface area contributed by atoms with Gasteiger partial charge < -0.3 is 0 Å². The monoisotopic (exact) mass is 180 g/mol. The van der Waals surface area contributed by atoms with E-state index in [9.17, 15) is 0 Å². The SMILES string of the molecule is Cc1sc2c(c1C)C(C)C(C)C2. The van der Waals surface area contributed by atoms with Crippen molar-refractivity contribution in [3.8, 4) is 0 Å². The minimum Gasteiger partial charge on any atom is -0.145 e. The van der Waals surface area contributed by atoms with E-state index in [0.717, 1.165) is 11.8 Å². The second-order valence-corrected chi connectivity index (χ2v) is 5.40. The van der Waals surface area contributed by atoms with Crippen molar-refractivity contribution in [2.75, 3.05) is 0 Å². The summed E-state index contributed by atoms with van der Waals surface area (Å²) in [5.74, 6) is 1.66. The average molecular weight is 180 g/mol. The zero-order valence-corrected chi connectivity index (χ0v) is 9.09. The summed E-state index contributed by atoms with van der Waals surface area (Å²) >= 11 is 2.01. The molecule has 2 rings (SSSR count). The molecule has 0 amide bonds. The molecule has 0 N–H and O–H groups in total. The fourth-order valence-corrected chi connectivity index (χ4v) is 3.64. The predicted molar refractivity (Wildman–Crippen MR) is 55.1 cm³/mol. The van der Waals surface area contributed by atoms with E-state index in [2.05, 4.69) is 27.7 Å². The summed E-state index contributed by atoms with van der Waals surface area (Å²) in [6.45, 7) is 9.26. The Kier molecular flexibility index (Phi) is 1.80. The molecule has 2 unspecified atom stereocenters. The molecular weight excluding hydrogens is 164 g/mol. The predicted octanol–water partition coefficient (Wildman–Crippen LogP) is 3.66. The zero-order valence-electron chi connectivity index (χ0n) is 8.27. The summed E-state index contributed by atoms with van der Waals surface area (Å²) in [5, 5.41) is 0. The average Bonchev–Trinajstić information content (AvgIpc) is 2.40. The quantitative estimate of drug-likeness (QED) is 0.571. The molecule has 1 heterocycles. The Morgan fingerprint density at radius 1 is 1.25 bits per heavy atom. The van der Waals surface area contributed by atoms with Crippen molar-refractivity contribution in [2.24, 2.45) is 5.92 Å². The summed E-state index contributed by atoms with van der Waals surface area (Å²) in [4.78, 5) is 3.18. The summed E-state index contributed by atoms with van der Waals surface area (Å²) in [5.41, 5.74) is 3.23. The molecule has 0 saturated heterocycles. The van der Waals surface area contributed by atoms with E-state index in [-0.39, 0.29) is 0 Å². The van der Waals surface area contributed by atoms with Gasteiger partial charge in [-0.05, 0) is 43.2 Å². The highest BCUT2D eigenvalue weighted by atomic mass is 32.1. The lowest BCUT2D eigenvalue weighted by Gasteiger charge is -2.10. The van der Waals surface area contributed by atoms with Gasteiger partial charge in [0, 0.05) is 9.75 Å². The van der Waals surface area contributed by atoms with E-state index in [1.807, 2.05) is 11.3 Å². The Labute approximate surface area is 78.6 Å². The van der Waals surface area contributed by atoms with Crippen molar-refractivity contribution in [3.05, 3.63) is 20.9 Å². The molecule has 1 aliphatic carbocycles. The molecular formula is C11H16S. The first kappa shape index (κ1) is 8.31. The van der Waals surface area contributed by atoms with Gasteiger partial charge in [0.2, 0.25) is 0 Å². The van der Waals surface area contributed by atoms with Gasteiger partial charge in [0.15, 0.2) is 0 Å². The first-order valence-corrected chi connectivity index (χ1v) is 5.51. The Morgan fingerprint density at radius 3 is 2.50 bits per heavy atom. The van der Waals surface area contributed by atoms with Gasteiger partial charge in [0.1, 0.15) is 0 Å². The molecule has 1 heteroatoms. The molecule has 12 heavy (non-hydrogen) atoms. The van der Waals surface area contributed by atoms with Crippen LogP contribution in [0.3, 0.4) is 0 Å². The third-order valence-corrected chi connectivity index (χ3v) is 4.57. The minimum atomic E-state index is 0.796. The number of aryl methyl sites for hydroxylation is 1. The molecule has 1 aromatic heterocycles. The smallest absolute Gasteiger partial charge is 0.00884 e. The normalized spacial score (nSPS) is 27.7. The minimum absolute atomic E-state index is 0.796. The molecule has 0 bridgehead atoms. The lowest BCUT2D eigenvalue weighted by atomic mass is 9.94. The van der Waals surface area contributed by atoms with Gasteiger partial charge in [-0.15, -0.1) is 11.3 Å². The van der Waals surface area contributed by atoms with Crippen LogP contribution in [0, 0.1) is 19.8 Å². The summed E-state index contributed by atoms with van der Waals surface area (Å²) < 4.78 is 0. The molecule has 0 aliphatic heterocycles. The Hall–Kier alpha value is -0.300. The molecule has 66 valence electrons. The highest BCUT2D eigenvalue weighted by Crippen LogP contribution is 2.44. The third kappa shape index (κ3) is 0.957. The molecule has 2 atom stereocenters. The Bertz CT molecular complexity index is 309. The van der Waals surface area contributed by atoms with E-state index in [0.29, 0.717) is 0 Å². The number of hydrogen-bond acceptors (Lipinski definition) is 1. The first-order valence-electron chi connectivity index (χ1n) is 4.70. The lowest BCUT2D eigenvalue weighted by molar-refractivity contribution is 0.531. The molecule has 0 nitrogen and oxygen atoms in total. The topological polar surface area (TPSA) is 0 Å². The van der Waals surface area contributed by atoms with Crippen LogP contribution in [0.2, 0.25) is 0 Å². The number of rotatable bonds is 0. The van der Waals surface area contributed by atoms with Crippen LogP contribution in [0.1, 0.15) is 40.6 Å². The van der Waals surface area contributed by atoms with Gasteiger partial charge in [-0.3, -0.25) is 0 Å². The summed E-state index contributed by atoms with van der Waals surface area (Å²) in [6, 6.07) is 0. The van der Waals surface area contributed by atoms with Crippen molar-refractivity contribution in [3.63, 3.8) is 0 Å². The molecule has 0 saturated carbocycles. The van der Waals surface area contributed by atoms with Gasteiger partial charge in [-0.2, -0.15) is 0 Å². The maximum absolute atomic E-state index is 2.37. The van der Waals surface area contributed by atoms with Crippen LogP contribution in [0.5, 0.6) is 0 Å². The van der Waals surface area contributed by atoms with Crippen LogP contribution in [0.15, 0.2) is 0 Å². The third-order valence-electron chi connectivity index (χ3n) is 3.33. The summed E-state index contributed by atoms with van der Waals surface area (Å²) in [7, 11) is 0. The van der Waals surface area contributed by atoms with Crippen molar-refractivity contribution in [1.82, 2.24) is 0 Å². The van der Waals surface area contributed by atoms with Gasteiger partial charge in [-0.1, -0.05) is 13.8 Å².